The molecule has 4 nitrogen and oxygen atoms in total. The maximum absolute atomic E-state index is 10.6. The highest BCUT2D eigenvalue weighted by molar-refractivity contribution is 9.10. The van der Waals surface area contributed by atoms with Crippen molar-refractivity contribution in [2.45, 2.75) is 26.7 Å². The number of carboxylic acid groups (broad SMARTS) is 1. The largest absolute Gasteiger partial charge is 0.481 e. The fraction of sp³-hybridized carbons (Fsp3) is 0.286. The van der Waals surface area contributed by atoms with Crippen molar-refractivity contribution >= 4 is 21.9 Å². The lowest BCUT2D eigenvalue weighted by molar-refractivity contribution is -0.136. The Morgan fingerprint density at radius 1 is 1.42 bits per heavy atom. The van der Waals surface area contributed by atoms with Crippen LogP contribution in [0.1, 0.15) is 23.2 Å². The third-order valence-corrected chi connectivity index (χ3v) is 3.90. The van der Waals surface area contributed by atoms with Crippen LogP contribution < -0.4 is 0 Å². The van der Waals surface area contributed by atoms with Gasteiger partial charge in [-0.25, -0.2) is 4.68 Å². The van der Waals surface area contributed by atoms with Gasteiger partial charge in [-0.15, -0.1) is 0 Å². The van der Waals surface area contributed by atoms with E-state index < -0.39 is 5.97 Å². The number of aliphatic carboxylic acids is 1. The average molecular weight is 323 g/mol. The minimum absolute atomic E-state index is 0.131. The van der Waals surface area contributed by atoms with E-state index in [9.17, 15) is 4.79 Å². The molecule has 2 aromatic rings. The molecule has 0 saturated heterocycles. The van der Waals surface area contributed by atoms with E-state index in [1.54, 1.807) is 4.68 Å². The van der Waals surface area contributed by atoms with E-state index >= 15 is 0 Å². The molecule has 1 aromatic carbocycles. The minimum atomic E-state index is -0.786. The maximum Gasteiger partial charge on any atom is 0.303 e. The van der Waals surface area contributed by atoms with Crippen molar-refractivity contribution in [2.24, 2.45) is 0 Å². The Kier molecular flexibility index (Phi) is 4.04. The van der Waals surface area contributed by atoms with Crippen molar-refractivity contribution in [3.63, 3.8) is 0 Å². The normalized spacial score (nSPS) is 10.7. The molecular formula is C14H15BrN2O2. The van der Waals surface area contributed by atoms with Crippen LogP contribution in [0.4, 0.5) is 0 Å². The summed E-state index contributed by atoms with van der Waals surface area (Å²) < 4.78 is 2.86. The van der Waals surface area contributed by atoms with E-state index in [1.165, 1.54) is 0 Å². The van der Waals surface area contributed by atoms with Gasteiger partial charge in [0.1, 0.15) is 0 Å². The van der Waals surface area contributed by atoms with Crippen LogP contribution >= 0.6 is 15.9 Å². The van der Waals surface area contributed by atoms with Crippen LogP contribution in [0, 0.1) is 13.8 Å². The van der Waals surface area contributed by atoms with E-state index in [2.05, 4.69) is 21.0 Å². The van der Waals surface area contributed by atoms with Crippen molar-refractivity contribution in [3.05, 3.63) is 45.7 Å². The smallest absolute Gasteiger partial charge is 0.303 e. The van der Waals surface area contributed by atoms with Crippen LogP contribution in [0.25, 0.3) is 5.69 Å². The first-order chi connectivity index (χ1) is 8.97. The summed E-state index contributed by atoms with van der Waals surface area (Å²) in [4.78, 5) is 10.6. The first-order valence-corrected chi connectivity index (χ1v) is 6.80. The monoisotopic (exact) mass is 322 g/mol. The van der Waals surface area contributed by atoms with Gasteiger partial charge < -0.3 is 5.11 Å². The van der Waals surface area contributed by atoms with Crippen molar-refractivity contribution in [1.82, 2.24) is 9.78 Å². The average Bonchev–Trinajstić information content (AvgIpc) is 2.71. The maximum atomic E-state index is 10.6. The zero-order valence-corrected chi connectivity index (χ0v) is 12.4. The molecule has 19 heavy (non-hydrogen) atoms. The molecule has 1 heterocycles. The number of aromatic nitrogens is 2. The third-order valence-electron chi connectivity index (χ3n) is 3.01. The molecule has 0 aliphatic carbocycles. The summed E-state index contributed by atoms with van der Waals surface area (Å²) in [7, 11) is 0. The second-order valence-electron chi connectivity index (χ2n) is 4.51. The number of carbonyl (C=O) groups is 1. The lowest BCUT2D eigenvalue weighted by Crippen LogP contribution is -1.97. The fourth-order valence-electron chi connectivity index (χ4n) is 1.89. The molecule has 5 heteroatoms. The van der Waals surface area contributed by atoms with Crippen LogP contribution in [0.5, 0.6) is 0 Å². The Morgan fingerprint density at radius 3 is 2.79 bits per heavy atom. The summed E-state index contributed by atoms with van der Waals surface area (Å²) in [6, 6.07) is 6.00. The molecule has 1 N–H and O–H groups in total. The third kappa shape index (κ3) is 3.23. The lowest BCUT2D eigenvalue weighted by Gasteiger charge is -2.04. The van der Waals surface area contributed by atoms with Crippen molar-refractivity contribution in [3.8, 4) is 5.69 Å². The number of hydrogen-bond donors (Lipinski definition) is 1. The Balaban J connectivity index is 2.28. The van der Waals surface area contributed by atoms with E-state index in [0.29, 0.717) is 6.42 Å². The second kappa shape index (κ2) is 5.57. The van der Waals surface area contributed by atoms with Crippen LogP contribution in [0.15, 0.2) is 28.9 Å². The molecule has 0 amide bonds. The number of rotatable bonds is 4. The van der Waals surface area contributed by atoms with Gasteiger partial charge in [0.05, 0.1) is 11.4 Å². The van der Waals surface area contributed by atoms with Crippen LogP contribution in [0.2, 0.25) is 0 Å². The zero-order valence-electron chi connectivity index (χ0n) is 10.9. The molecule has 0 radical (unpaired) electrons. The molecule has 0 bridgehead atoms. The Bertz CT molecular complexity index is 620. The summed E-state index contributed by atoms with van der Waals surface area (Å²) in [5.41, 5.74) is 3.97. The number of halogens is 1. The standard InChI is InChI=1S/C14H15BrN2O2/c1-9-7-12(4-5-13(9)15)17-8-11(10(2)16-17)3-6-14(18)19/h4-5,7-8H,3,6H2,1-2H3,(H,18,19). The van der Waals surface area contributed by atoms with Gasteiger partial charge in [0.25, 0.3) is 0 Å². The van der Waals surface area contributed by atoms with Gasteiger partial charge in [-0.05, 0) is 49.6 Å². The summed E-state index contributed by atoms with van der Waals surface area (Å²) in [5.74, 6) is -0.786. The van der Waals surface area contributed by atoms with Gasteiger partial charge in [0, 0.05) is 17.1 Å². The molecule has 0 unspecified atom stereocenters. The van der Waals surface area contributed by atoms with Gasteiger partial charge in [-0.1, -0.05) is 15.9 Å². The number of aryl methyl sites for hydroxylation is 3. The van der Waals surface area contributed by atoms with Gasteiger partial charge in [-0.2, -0.15) is 5.10 Å². The van der Waals surface area contributed by atoms with Crippen LogP contribution in [0.3, 0.4) is 0 Å². The highest BCUT2D eigenvalue weighted by Gasteiger charge is 2.08. The summed E-state index contributed by atoms with van der Waals surface area (Å²) >= 11 is 3.47. The molecule has 1 aromatic heterocycles. The SMILES string of the molecule is Cc1cc(-n2cc(CCC(=O)O)c(C)n2)ccc1Br. The van der Waals surface area contributed by atoms with Crippen molar-refractivity contribution in [1.29, 1.82) is 0 Å². The molecule has 100 valence electrons. The first kappa shape index (κ1) is 13.8. The number of carboxylic acids is 1. The lowest BCUT2D eigenvalue weighted by atomic mass is 10.1. The fourth-order valence-corrected chi connectivity index (χ4v) is 2.13. The quantitative estimate of drug-likeness (QED) is 0.939. The van der Waals surface area contributed by atoms with Crippen LogP contribution in [-0.4, -0.2) is 20.9 Å². The molecular weight excluding hydrogens is 308 g/mol. The summed E-state index contributed by atoms with van der Waals surface area (Å²) in [5, 5.41) is 13.2. The summed E-state index contributed by atoms with van der Waals surface area (Å²) in [6.45, 7) is 3.93. The highest BCUT2D eigenvalue weighted by atomic mass is 79.9. The highest BCUT2D eigenvalue weighted by Crippen LogP contribution is 2.20. The molecule has 0 aliphatic heterocycles. The second-order valence-corrected chi connectivity index (χ2v) is 5.37. The number of nitrogens with zero attached hydrogens (tertiary/aromatic N) is 2. The van der Waals surface area contributed by atoms with Gasteiger partial charge in [0.15, 0.2) is 0 Å². The number of benzene rings is 1. The van der Waals surface area contributed by atoms with E-state index in [4.69, 9.17) is 5.11 Å². The topological polar surface area (TPSA) is 55.1 Å². The van der Waals surface area contributed by atoms with Crippen LogP contribution in [-0.2, 0) is 11.2 Å². The van der Waals surface area contributed by atoms with Gasteiger partial charge >= 0.3 is 5.97 Å². The van der Waals surface area contributed by atoms with E-state index in [0.717, 1.165) is 27.0 Å². The predicted molar refractivity (Wildman–Crippen MR) is 76.7 cm³/mol. The predicted octanol–water partition coefficient (Wildman–Crippen LogP) is 3.27. The zero-order chi connectivity index (χ0) is 14.0. The Morgan fingerprint density at radius 2 is 2.16 bits per heavy atom. The summed E-state index contributed by atoms with van der Waals surface area (Å²) in [6.07, 6.45) is 2.55. The van der Waals surface area contributed by atoms with Crippen molar-refractivity contribution in [2.75, 3.05) is 0 Å². The Hall–Kier alpha value is -1.62. The molecule has 0 saturated carbocycles. The molecule has 0 aliphatic rings. The number of hydrogen-bond acceptors (Lipinski definition) is 2. The van der Waals surface area contributed by atoms with Crippen molar-refractivity contribution < 1.29 is 9.90 Å². The van der Waals surface area contributed by atoms with Gasteiger partial charge in [-0.3, -0.25) is 4.79 Å². The van der Waals surface area contributed by atoms with Gasteiger partial charge in [0.2, 0.25) is 0 Å². The molecule has 0 spiro atoms. The van der Waals surface area contributed by atoms with E-state index in [-0.39, 0.29) is 6.42 Å². The van der Waals surface area contributed by atoms with E-state index in [1.807, 2.05) is 38.2 Å². The molecule has 2 rings (SSSR count). The minimum Gasteiger partial charge on any atom is -0.481 e. The Labute approximate surface area is 120 Å². The first-order valence-electron chi connectivity index (χ1n) is 6.01. The molecule has 0 atom stereocenters. The molecule has 0 fully saturated rings.